The van der Waals surface area contributed by atoms with Crippen molar-refractivity contribution in [2.24, 2.45) is 5.92 Å². The van der Waals surface area contributed by atoms with Crippen LogP contribution < -0.4 is 10.2 Å². The second-order valence-electron chi connectivity index (χ2n) is 8.06. The molecule has 3 nitrogen and oxygen atoms in total. The molecular weight excluding hydrogens is 364 g/mol. The van der Waals surface area contributed by atoms with Crippen molar-refractivity contribution in [1.82, 2.24) is 5.32 Å². The van der Waals surface area contributed by atoms with E-state index < -0.39 is 0 Å². The first-order valence-corrected chi connectivity index (χ1v) is 11.4. The minimum absolute atomic E-state index is 0.0291. The predicted octanol–water partition coefficient (Wildman–Crippen LogP) is 5.34. The summed E-state index contributed by atoms with van der Waals surface area (Å²) in [4.78, 5) is 14.8. The fraction of sp³-hybridized carbons (Fsp3) is 0.458. The number of aryl methyl sites for hydroxylation is 1. The van der Waals surface area contributed by atoms with E-state index in [0.29, 0.717) is 5.75 Å². The second-order valence-corrected chi connectivity index (χ2v) is 9.04. The predicted molar refractivity (Wildman–Crippen MR) is 121 cm³/mol. The Labute approximate surface area is 173 Å². The topological polar surface area (TPSA) is 32.3 Å². The van der Waals surface area contributed by atoms with Crippen LogP contribution in [-0.4, -0.2) is 24.7 Å². The Morgan fingerprint density at radius 3 is 2.75 bits per heavy atom. The summed E-state index contributed by atoms with van der Waals surface area (Å²) in [5.74, 6) is 2.22. The molecule has 1 fully saturated rings. The van der Waals surface area contributed by atoms with Crippen LogP contribution in [0.2, 0.25) is 0 Å². The molecule has 1 aliphatic rings. The number of amides is 1. The summed E-state index contributed by atoms with van der Waals surface area (Å²) in [5, 5.41) is 3.13. The minimum Gasteiger partial charge on any atom is -0.371 e. The zero-order chi connectivity index (χ0) is 19.9. The summed E-state index contributed by atoms with van der Waals surface area (Å²) in [5.41, 5.74) is 4.99. The molecule has 0 spiro atoms. The van der Waals surface area contributed by atoms with Gasteiger partial charge in [-0.1, -0.05) is 48.9 Å². The molecule has 1 N–H and O–H groups in total. The zero-order valence-electron chi connectivity index (χ0n) is 17.3. The molecule has 2 atom stereocenters. The number of hydrogen-bond acceptors (Lipinski definition) is 3. The van der Waals surface area contributed by atoms with Crippen molar-refractivity contribution in [2.45, 2.75) is 45.4 Å². The lowest BCUT2D eigenvalue weighted by Gasteiger charge is -2.33. The van der Waals surface area contributed by atoms with Gasteiger partial charge in [-0.25, -0.2) is 0 Å². The van der Waals surface area contributed by atoms with Crippen LogP contribution in [0.4, 0.5) is 5.69 Å². The molecule has 2 aromatic carbocycles. The summed E-state index contributed by atoms with van der Waals surface area (Å²) in [7, 11) is 0. The van der Waals surface area contributed by atoms with Crippen molar-refractivity contribution in [1.29, 1.82) is 0 Å². The summed E-state index contributed by atoms with van der Waals surface area (Å²) < 4.78 is 0. The molecule has 150 valence electrons. The van der Waals surface area contributed by atoms with Crippen molar-refractivity contribution in [3.8, 4) is 0 Å². The van der Waals surface area contributed by atoms with Crippen LogP contribution in [0.1, 0.15) is 49.4 Å². The Balaban J connectivity index is 1.45. The molecule has 1 saturated heterocycles. The van der Waals surface area contributed by atoms with Crippen LogP contribution in [0.25, 0.3) is 0 Å². The van der Waals surface area contributed by atoms with Crippen molar-refractivity contribution < 1.29 is 4.79 Å². The molecule has 1 amide bonds. The number of benzene rings is 2. The third-order valence-corrected chi connectivity index (χ3v) is 6.38. The van der Waals surface area contributed by atoms with Gasteiger partial charge in [-0.15, -0.1) is 11.8 Å². The van der Waals surface area contributed by atoms with Gasteiger partial charge in [-0.2, -0.15) is 0 Å². The lowest BCUT2D eigenvalue weighted by Crippen LogP contribution is -2.34. The van der Waals surface area contributed by atoms with Gasteiger partial charge in [-0.3, -0.25) is 4.79 Å². The van der Waals surface area contributed by atoms with Gasteiger partial charge in [0.05, 0.1) is 11.8 Å². The number of anilines is 1. The third kappa shape index (κ3) is 6.03. The number of thioether (sulfide) groups is 1. The van der Waals surface area contributed by atoms with E-state index in [9.17, 15) is 4.79 Å². The Hall–Kier alpha value is -1.94. The van der Waals surface area contributed by atoms with Crippen molar-refractivity contribution in [3.05, 3.63) is 65.2 Å². The maximum atomic E-state index is 12.3. The Morgan fingerprint density at radius 1 is 1.25 bits per heavy atom. The summed E-state index contributed by atoms with van der Waals surface area (Å²) in [6.07, 6.45) is 2.61. The fourth-order valence-electron chi connectivity index (χ4n) is 3.83. The van der Waals surface area contributed by atoms with Crippen molar-refractivity contribution in [3.63, 3.8) is 0 Å². The van der Waals surface area contributed by atoms with E-state index in [1.54, 1.807) is 11.8 Å². The van der Waals surface area contributed by atoms with Gasteiger partial charge in [0.1, 0.15) is 0 Å². The molecule has 1 aliphatic heterocycles. The number of carbonyl (C=O) groups excluding carboxylic acids is 1. The van der Waals surface area contributed by atoms with Gasteiger partial charge >= 0.3 is 0 Å². The zero-order valence-corrected chi connectivity index (χ0v) is 18.1. The molecule has 0 radical (unpaired) electrons. The van der Waals surface area contributed by atoms with Gasteiger partial charge in [-0.05, 0) is 55.9 Å². The van der Waals surface area contributed by atoms with Crippen molar-refractivity contribution in [2.75, 3.05) is 23.7 Å². The molecule has 28 heavy (non-hydrogen) atoms. The first kappa shape index (κ1) is 20.8. The van der Waals surface area contributed by atoms with E-state index in [1.165, 1.54) is 29.7 Å². The van der Waals surface area contributed by atoms with E-state index in [0.717, 1.165) is 30.3 Å². The van der Waals surface area contributed by atoms with Gasteiger partial charge in [0.25, 0.3) is 0 Å². The molecule has 0 aromatic heterocycles. The van der Waals surface area contributed by atoms with Crippen LogP contribution in [0.3, 0.4) is 0 Å². The molecule has 0 saturated carbocycles. The summed E-state index contributed by atoms with van der Waals surface area (Å²) in [6.45, 7) is 8.77. The lowest BCUT2D eigenvalue weighted by molar-refractivity contribution is -0.119. The fourth-order valence-corrected chi connectivity index (χ4v) is 4.61. The van der Waals surface area contributed by atoms with Crippen LogP contribution in [-0.2, 0) is 10.5 Å². The second kappa shape index (κ2) is 10.0. The third-order valence-electron chi connectivity index (χ3n) is 5.38. The number of rotatable bonds is 7. The van der Waals surface area contributed by atoms with Crippen LogP contribution in [0, 0.1) is 12.8 Å². The maximum absolute atomic E-state index is 12.3. The molecule has 0 aliphatic carbocycles. The Bertz CT molecular complexity index is 774. The SMILES string of the molecule is Cc1cccc(CSCC(=O)N[C@H](C)c2ccc(N3CCC[C@H](C)C3)cc2)c1. The maximum Gasteiger partial charge on any atom is 0.230 e. The Kier molecular flexibility index (Phi) is 7.43. The molecule has 4 heteroatoms. The molecular formula is C24H32N2OS. The number of piperidine rings is 1. The first-order valence-electron chi connectivity index (χ1n) is 10.3. The largest absolute Gasteiger partial charge is 0.371 e. The smallest absolute Gasteiger partial charge is 0.230 e. The first-order chi connectivity index (χ1) is 13.5. The highest BCUT2D eigenvalue weighted by Crippen LogP contribution is 2.24. The summed E-state index contributed by atoms with van der Waals surface area (Å²) >= 11 is 1.66. The standard InChI is InChI=1S/C24H32N2OS/c1-18-6-4-8-21(14-18)16-28-17-24(27)25-20(3)22-9-11-23(12-10-22)26-13-5-7-19(2)15-26/h4,6,8-12,14,19-20H,5,7,13,15-17H2,1-3H3,(H,25,27)/t19-,20+/m0/s1. The number of nitrogens with zero attached hydrogens (tertiary/aromatic N) is 1. The minimum atomic E-state index is 0.0291. The van der Waals surface area contributed by atoms with Crippen LogP contribution >= 0.6 is 11.8 Å². The molecule has 3 rings (SSSR count). The Morgan fingerprint density at radius 2 is 2.04 bits per heavy atom. The average Bonchev–Trinajstić information content (AvgIpc) is 2.68. The van der Waals surface area contributed by atoms with E-state index in [-0.39, 0.29) is 11.9 Å². The molecule has 1 heterocycles. The van der Waals surface area contributed by atoms with Gasteiger partial charge in [0, 0.05) is 24.5 Å². The lowest BCUT2D eigenvalue weighted by atomic mass is 9.99. The van der Waals surface area contributed by atoms with Crippen LogP contribution in [0.15, 0.2) is 48.5 Å². The highest BCUT2D eigenvalue weighted by atomic mass is 32.2. The number of hydrogen-bond donors (Lipinski definition) is 1. The number of carbonyl (C=O) groups is 1. The van der Waals surface area contributed by atoms with E-state index >= 15 is 0 Å². The van der Waals surface area contributed by atoms with Gasteiger partial charge < -0.3 is 10.2 Å². The highest BCUT2D eigenvalue weighted by molar-refractivity contribution is 7.99. The number of nitrogens with one attached hydrogen (secondary N) is 1. The van der Waals surface area contributed by atoms with E-state index in [1.807, 2.05) is 0 Å². The average molecular weight is 397 g/mol. The summed E-state index contributed by atoms with van der Waals surface area (Å²) in [6, 6.07) is 17.2. The van der Waals surface area contributed by atoms with Gasteiger partial charge in [0.2, 0.25) is 5.91 Å². The quantitative estimate of drug-likeness (QED) is 0.685. The van der Waals surface area contributed by atoms with Crippen molar-refractivity contribution >= 4 is 23.4 Å². The molecule has 0 bridgehead atoms. The van der Waals surface area contributed by atoms with Gasteiger partial charge in [0.15, 0.2) is 0 Å². The van der Waals surface area contributed by atoms with E-state index in [2.05, 4.69) is 79.5 Å². The highest BCUT2D eigenvalue weighted by Gasteiger charge is 2.17. The molecule has 0 unspecified atom stereocenters. The molecule has 2 aromatic rings. The van der Waals surface area contributed by atoms with Crippen LogP contribution in [0.5, 0.6) is 0 Å². The monoisotopic (exact) mass is 396 g/mol. The van der Waals surface area contributed by atoms with E-state index in [4.69, 9.17) is 0 Å². The normalized spacial score (nSPS) is 18.0.